The third-order valence-corrected chi connectivity index (χ3v) is 3.77. The van der Waals surface area contributed by atoms with Gasteiger partial charge in [-0.15, -0.1) is 0 Å². The molecule has 0 bridgehead atoms. The molecule has 4 heteroatoms. The smallest absolute Gasteiger partial charge is 0.172 e. The number of nitrogens with zero attached hydrogens (tertiary/aromatic N) is 1. The van der Waals surface area contributed by atoms with Crippen LogP contribution in [-0.2, 0) is 13.0 Å². The lowest BCUT2D eigenvalue weighted by Crippen LogP contribution is -3.00. The molecule has 2 aromatic heterocycles. The molecule has 3 rings (SSSR count). The number of H-pyrrole nitrogens is 1. The topological polar surface area (TPSA) is 28.9 Å². The van der Waals surface area contributed by atoms with E-state index in [2.05, 4.69) is 59.3 Å². The number of aromatic amines is 1. The first-order valence-electron chi connectivity index (χ1n) is 7.42. The second-order valence-corrected chi connectivity index (χ2v) is 5.35. The van der Waals surface area contributed by atoms with Crippen LogP contribution in [0.25, 0.3) is 10.9 Å². The third-order valence-electron chi connectivity index (χ3n) is 3.77. The molecule has 0 aliphatic rings. The zero-order valence-corrected chi connectivity index (χ0v) is 14.6. The maximum Gasteiger partial charge on any atom is 0.172 e. The highest BCUT2D eigenvalue weighted by Gasteiger charge is 2.08. The van der Waals surface area contributed by atoms with Crippen LogP contribution in [0.15, 0.2) is 48.9 Å². The molecule has 116 valence electrons. The molecule has 0 saturated carbocycles. The Morgan fingerprint density at radius 1 is 1.23 bits per heavy atom. The maximum absolute atomic E-state index is 5.33. The molecule has 22 heavy (non-hydrogen) atoms. The molecule has 0 atom stereocenters. The number of hydrogen-bond donors (Lipinski definition) is 1. The van der Waals surface area contributed by atoms with E-state index in [1.165, 1.54) is 16.5 Å². The largest absolute Gasteiger partial charge is 1.00 e. The molecule has 1 aromatic carbocycles. The van der Waals surface area contributed by atoms with Crippen molar-refractivity contribution in [2.75, 3.05) is 7.11 Å². The first-order valence-corrected chi connectivity index (χ1v) is 7.42. The summed E-state index contributed by atoms with van der Waals surface area (Å²) >= 11 is 0. The van der Waals surface area contributed by atoms with E-state index in [0.29, 0.717) is 0 Å². The molecule has 1 N–H and O–H groups in total. The van der Waals surface area contributed by atoms with Gasteiger partial charge in [-0.05, 0) is 29.8 Å². The summed E-state index contributed by atoms with van der Waals surface area (Å²) in [6, 6.07) is 10.5. The van der Waals surface area contributed by atoms with Crippen LogP contribution >= 0.6 is 0 Å². The van der Waals surface area contributed by atoms with Crippen LogP contribution in [0.4, 0.5) is 0 Å². The predicted octanol–water partition coefficient (Wildman–Crippen LogP) is 0.469. The zero-order valence-electron chi connectivity index (χ0n) is 13.0. The Morgan fingerprint density at radius 2 is 2.09 bits per heavy atom. The second kappa shape index (κ2) is 7.45. The summed E-state index contributed by atoms with van der Waals surface area (Å²) in [7, 11) is 1.71. The van der Waals surface area contributed by atoms with Gasteiger partial charge in [0.2, 0.25) is 0 Å². The van der Waals surface area contributed by atoms with Crippen LogP contribution in [0.1, 0.15) is 24.5 Å². The molecule has 0 unspecified atom stereocenters. The fourth-order valence-electron chi connectivity index (χ4n) is 2.73. The summed E-state index contributed by atoms with van der Waals surface area (Å²) in [5.74, 6) is 0.900. The van der Waals surface area contributed by atoms with Crippen molar-refractivity contribution >= 4 is 10.9 Å². The fraction of sp³-hybridized carbons (Fsp3) is 0.278. The minimum absolute atomic E-state index is 0. The Bertz CT molecular complexity index is 752. The summed E-state index contributed by atoms with van der Waals surface area (Å²) in [6.07, 6.45) is 8.55. The van der Waals surface area contributed by atoms with E-state index in [1.54, 1.807) is 7.11 Å². The summed E-state index contributed by atoms with van der Waals surface area (Å²) in [5, 5.41) is 1.24. The van der Waals surface area contributed by atoms with Gasteiger partial charge in [-0.25, -0.2) is 4.57 Å². The third kappa shape index (κ3) is 3.50. The first-order chi connectivity index (χ1) is 10.3. The fourth-order valence-corrected chi connectivity index (χ4v) is 2.73. The van der Waals surface area contributed by atoms with Gasteiger partial charge in [0.15, 0.2) is 12.4 Å². The molecule has 0 aliphatic carbocycles. The Kier molecular flexibility index (Phi) is 5.61. The van der Waals surface area contributed by atoms with E-state index >= 15 is 0 Å². The Labute approximate surface area is 141 Å². The number of aromatic nitrogens is 2. The monoisotopic (exact) mass is 360 g/mol. The van der Waals surface area contributed by atoms with E-state index in [0.717, 1.165) is 30.7 Å². The van der Waals surface area contributed by atoms with Crippen LogP contribution in [0.2, 0.25) is 0 Å². The minimum atomic E-state index is 0. The van der Waals surface area contributed by atoms with Gasteiger partial charge >= 0.3 is 0 Å². The second-order valence-electron chi connectivity index (χ2n) is 5.35. The van der Waals surface area contributed by atoms with Crippen LogP contribution in [0.5, 0.6) is 5.75 Å². The van der Waals surface area contributed by atoms with Crippen molar-refractivity contribution in [3.63, 3.8) is 0 Å². The summed E-state index contributed by atoms with van der Waals surface area (Å²) < 4.78 is 7.58. The van der Waals surface area contributed by atoms with Gasteiger partial charge in [-0.3, -0.25) is 0 Å². The average molecular weight is 361 g/mol. The summed E-state index contributed by atoms with van der Waals surface area (Å²) in [4.78, 5) is 3.34. The van der Waals surface area contributed by atoms with Crippen LogP contribution in [0, 0.1) is 0 Å². The van der Waals surface area contributed by atoms with Crippen molar-refractivity contribution < 1.29 is 26.3 Å². The van der Waals surface area contributed by atoms with Crippen LogP contribution < -0.4 is 26.3 Å². The number of aryl methyl sites for hydroxylation is 1. The molecule has 0 saturated heterocycles. The number of rotatable bonds is 5. The lowest BCUT2D eigenvalue weighted by molar-refractivity contribution is -0.697. The minimum Gasteiger partial charge on any atom is -1.00 e. The standard InChI is InChI=1S/C18H21N2O.BrH/c1-3-8-20-9-4-5-14(13-20)10-15-12-19-18-7-6-16(21-2)11-17(15)18;/h4-7,9,11-13,19H,3,8,10H2,1-2H3;1H/q+1;/p-1. The highest BCUT2D eigenvalue weighted by Crippen LogP contribution is 2.25. The molecular formula is C18H21BrN2O. The quantitative estimate of drug-likeness (QED) is 0.658. The Morgan fingerprint density at radius 3 is 2.86 bits per heavy atom. The molecule has 0 fully saturated rings. The van der Waals surface area contributed by atoms with Crippen molar-refractivity contribution in [2.45, 2.75) is 26.3 Å². The van der Waals surface area contributed by atoms with E-state index in [1.807, 2.05) is 6.07 Å². The predicted molar refractivity (Wildman–Crippen MR) is 84.6 cm³/mol. The number of fused-ring (bicyclic) bond motifs is 1. The van der Waals surface area contributed by atoms with Gasteiger partial charge < -0.3 is 26.7 Å². The van der Waals surface area contributed by atoms with E-state index in [4.69, 9.17) is 4.74 Å². The zero-order chi connectivity index (χ0) is 14.7. The van der Waals surface area contributed by atoms with E-state index in [-0.39, 0.29) is 17.0 Å². The van der Waals surface area contributed by atoms with E-state index < -0.39 is 0 Å². The molecule has 3 nitrogen and oxygen atoms in total. The summed E-state index contributed by atoms with van der Waals surface area (Å²) in [6.45, 7) is 3.27. The number of halogens is 1. The average Bonchev–Trinajstić information content (AvgIpc) is 2.90. The molecule has 3 aromatic rings. The molecule has 0 radical (unpaired) electrons. The first kappa shape index (κ1) is 16.6. The van der Waals surface area contributed by atoms with Crippen LogP contribution in [0.3, 0.4) is 0 Å². The van der Waals surface area contributed by atoms with Crippen molar-refractivity contribution in [3.05, 3.63) is 60.0 Å². The summed E-state index contributed by atoms with van der Waals surface area (Å²) in [5.41, 5.74) is 3.79. The molecule has 0 aliphatic heterocycles. The van der Waals surface area contributed by atoms with Gasteiger partial charge in [0, 0.05) is 41.6 Å². The number of methoxy groups -OCH3 is 1. The Balaban J connectivity index is 0.00000176. The van der Waals surface area contributed by atoms with Gasteiger partial charge in [0.25, 0.3) is 0 Å². The molecule has 0 amide bonds. The SMILES string of the molecule is CCC[n+]1cccc(Cc2c[nH]c3ccc(OC)cc23)c1.[Br-]. The van der Waals surface area contributed by atoms with Crippen molar-refractivity contribution in [2.24, 2.45) is 0 Å². The van der Waals surface area contributed by atoms with Gasteiger partial charge in [-0.2, -0.15) is 0 Å². The lowest BCUT2D eigenvalue weighted by atomic mass is 10.1. The molecule has 0 spiro atoms. The van der Waals surface area contributed by atoms with Gasteiger partial charge in [0.1, 0.15) is 12.3 Å². The highest BCUT2D eigenvalue weighted by atomic mass is 79.9. The van der Waals surface area contributed by atoms with Gasteiger partial charge in [-0.1, -0.05) is 6.92 Å². The number of hydrogen-bond acceptors (Lipinski definition) is 1. The van der Waals surface area contributed by atoms with Crippen molar-refractivity contribution in [1.29, 1.82) is 0 Å². The van der Waals surface area contributed by atoms with Gasteiger partial charge in [0.05, 0.1) is 7.11 Å². The normalized spacial score (nSPS) is 10.5. The molecule has 2 heterocycles. The number of benzene rings is 1. The van der Waals surface area contributed by atoms with E-state index in [9.17, 15) is 0 Å². The highest BCUT2D eigenvalue weighted by molar-refractivity contribution is 5.84. The number of nitrogens with one attached hydrogen (secondary N) is 1. The van der Waals surface area contributed by atoms with Crippen LogP contribution in [-0.4, -0.2) is 12.1 Å². The Hall–Kier alpha value is -1.81. The maximum atomic E-state index is 5.33. The molecular weight excluding hydrogens is 340 g/mol. The van der Waals surface area contributed by atoms with Crippen molar-refractivity contribution in [1.82, 2.24) is 4.98 Å². The number of pyridine rings is 1. The number of ether oxygens (including phenoxy) is 1. The lowest BCUT2D eigenvalue weighted by Gasteiger charge is -2.02. The van der Waals surface area contributed by atoms with Crippen molar-refractivity contribution in [3.8, 4) is 5.75 Å².